The molecule has 0 aliphatic carbocycles. The zero-order valence-corrected chi connectivity index (χ0v) is 16.7. The lowest BCUT2D eigenvalue weighted by atomic mass is 9.91. The second-order valence-electron chi connectivity index (χ2n) is 6.62. The maximum atomic E-state index is 13.3. The molecule has 29 heavy (non-hydrogen) atoms. The number of alkyl halides is 1. The third-order valence-electron chi connectivity index (χ3n) is 4.92. The van der Waals surface area contributed by atoms with Crippen LogP contribution in [0.5, 0.6) is 0 Å². The summed E-state index contributed by atoms with van der Waals surface area (Å²) >= 11 is 6.58. The molecule has 146 valence electrons. The van der Waals surface area contributed by atoms with Crippen molar-refractivity contribution >= 4 is 33.3 Å². The first-order valence-electron chi connectivity index (χ1n) is 8.85. The molecule has 0 saturated carbocycles. The van der Waals surface area contributed by atoms with Crippen LogP contribution >= 0.6 is 11.6 Å². The first-order valence-corrected chi connectivity index (χ1v) is 10.7. The summed E-state index contributed by atoms with van der Waals surface area (Å²) in [6.45, 7) is 0. The lowest BCUT2D eigenvalue weighted by Gasteiger charge is -2.50. The van der Waals surface area contributed by atoms with Gasteiger partial charge in [-0.2, -0.15) is 0 Å². The van der Waals surface area contributed by atoms with E-state index in [1.165, 1.54) is 12.1 Å². The van der Waals surface area contributed by atoms with Gasteiger partial charge in [-0.3, -0.25) is 14.5 Å². The molecule has 0 aromatic heterocycles. The van der Waals surface area contributed by atoms with E-state index in [0.717, 1.165) is 4.90 Å². The summed E-state index contributed by atoms with van der Waals surface area (Å²) in [4.78, 5) is 27.0. The Morgan fingerprint density at radius 2 is 1.31 bits per heavy atom. The average molecular weight is 426 g/mol. The highest BCUT2D eigenvalue weighted by molar-refractivity contribution is 7.95. The van der Waals surface area contributed by atoms with E-state index >= 15 is 0 Å². The molecule has 3 aromatic rings. The highest BCUT2D eigenvalue weighted by atomic mass is 35.5. The Morgan fingerprint density at radius 1 is 0.828 bits per heavy atom. The minimum Gasteiger partial charge on any atom is -0.271 e. The van der Waals surface area contributed by atoms with Crippen LogP contribution in [0.15, 0.2) is 95.9 Å². The molecule has 0 radical (unpaired) electrons. The highest BCUT2D eigenvalue weighted by Gasteiger charge is 2.70. The molecule has 0 unspecified atom stereocenters. The maximum absolute atomic E-state index is 13.3. The van der Waals surface area contributed by atoms with Crippen molar-refractivity contribution in [2.24, 2.45) is 0 Å². The minimum absolute atomic E-state index is 0.0731. The highest BCUT2D eigenvalue weighted by Crippen LogP contribution is 2.53. The normalized spacial score (nSPS) is 21.5. The number of rotatable bonds is 4. The van der Waals surface area contributed by atoms with E-state index in [1.807, 2.05) is 0 Å². The summed E-state index contributed by atoms with van der Waals surface area (Å²) in [6, 6.07) is 23.1. The Balaban J connectivity index is 1.85. The van der Waals surface area contributed by atoms with Crippen molar-refractivity contribution in [3.8, 4) is 0 Å². The number of carbonyl (C=O) groups excluding carboxylic acids is 2. The summed E-state index contributed by atoms with van der Waals surface area (Å²) in [5, 5.41) is 0. The van der Waals surface area contributed by atoms with Crippen molar-refractivity contribution in [1.82, 2.24) is 4.90 Å². The first-order chi connectivity index (χ1) is 13.9. The van der Waals surface area contributed by atoms with Gasteiger partial charge in [0.1, 0.15) is 6.04 Å². The number of amides is 2. The molecule has 3 aromatic carbocycles. The fraction of sp³-hybridized carbons (Fsp3) is 0.0909. The minimum atomic E-state index is -4.27. The van der Waals surface area contributed by atoms with Gasteiger partial charge in [0, 0.05) is 5.56 Å². The predicted molar refractivity (Wildman–Crippen MR) is 109 cm³/mol. The van der Waals surface area contributed by atoms with Gasteiger partial charge in [-0.25, -0.2) is 8.42 Å². The van der Waals surface area contributed by atoms with Crippen LogP contribution in [0.25, 0.3) is 0 Å². The van der Waals surface area contributed by atoms with E-state index in [9.17, 15) is 18.0 Å². The molecule has 1 heterocycles. The molecular formula is C22H16ClNO4S. The van der Waals surface area contributed by atoms with Crippen molar-refractivity contribution in [3.63, 3.8) is 0 Å². The second-order valence-corrected chi connectivity index (χ2v) is 9.56. The van der Waals surface area contributed by atoms with Gasteiger partial charge in [-0.15, -0.1) is 0 Å². The van der Waals surface area contributed by atoms with E-state index in [2.05, 4.69) is 0 Å². The summed E-state index contributed by atoms with van der Waals surface area (Å²) in [6.07, 6.45) is 0. The topological polar surface area (TPSA) is 71.5 Å². The number of hydrogen-bond donors (Lipinski definition) is 0. The number of β-lactam (4-membered cyclic amide) rings is 1. The van der Waals surface area contributed by atoms with Crippen molar-refractivity contribution in [1.29, 1.82) is 0 Å². The molecule has 2 amide bonds. The zero-order valence-electron chi connectivity index (χ0n) is 15.1. The molecule has 1 aliphatic rings. The molecule has 1 aliphatic heterocycles. The maximum Gasteiger partial charge on any atom is 0.269 e. The van der Waals surface area contributed by atoms with E-state index in [1.54, 1.807) is 78.9 Å². The Labute approximate surface area is 173 Å². The van der Waals surface area contributed by atoms with Crippen LogP contribution in [0, 0.1) is 0 Å². The number of likely N-dealkylation sites (tertiary alicyclic amines) is 1. The van der Waals surface area contributed by atoms with Crippen molar-refractivity contribution in [2.45, 2.75) is 15.1 Å². The summed E-state index contributed by atoms with van der Waals surface area (Å²) < 4.78 is 24.4. The summed E-state index contributed by atoms with van der Waals surface area (Å²) in [7, 11) is -4.27. The third-order valence-corrected chi connectivity index (χ3v) is 7.97. The quantitative estimate of drug-likeness (QED) is 0.362. The first kappa shape index (κ1) is 19.4. The van der Waals surface area contributed by atoms with Crippen LogP contribution < -0.4 is 0 Å². The molecule has 2 atom stereocenters. The number of imide groups is 1. The fourth-order valence-corrected chi connectivity index (χ4v) is 5.76. The standard InChI is InChI=1S/C22H16ClNO4S/c23-22(29(27,28)18-14-8-3-9-15-18)19(16-10-4-1-5-11-16)24(21(22)26)20(25)17-12-6-2-7-13-17/h1-15,19H/t19-,22+/m0/s1. The number of nitrogens with zero attached hydrogens (tertiary/aromatic N) is 1. The predicted octanol–water partition coefficient (Wildman–Crippen LogP) is 3.82. The van der Waals surface area contributed by atoms with Crippen LogP contribution in [0.3, 0.4) is 0 Å². The van der Waals surface area contributed by atoms with Crippen LogP contribution in [0.2, 0.25) is 0 Å². The van der Waals surface area contributed by atoms with Gasteiger partial charge in [0.25, 0.3) is 16.0 Å². The Morgan fingerprint density at radius 3 is 1.86 bits per heavy atom. The molecule has 0 spiro atoms. The van der Waals surface area contributed by atoms with Gasteiger partial charge in [-0.05, 0) is 29.8 Å². The van der Waals surface area contributed by atoms with Crippen LogP contribution in [-0.4, -0.2) is 29.3 Å². The van der Waals surface area contributed by atoms with Crippen LogP contribution in [0.1, 0.15) is 22.0 Å². The molecule has 0 bridgehead atoms. The van der Waals surface area contributed by atoms with E-state index in [0.29, 0.717) is 5.56 Å². The largest absolute Gasteiger partial charge is 0.271 e. The molecule has 0 N–H and O–H groups in total. The molecule has 4 rings (SSSR count). The Bertz CT molecular complexity index is 1170. The third kappa shape index (κ3) is 2.87. The lowest BCUT2D eigenvalue weighted by Crippen LogP contribution is -2.70. The number of halogens is 1. The van der Waals surface area contributed by atoms with Crippen molar-refractivity contribution in [2.75, 3.05) is 0 Å². The molecular weight excluding hydrogens is 410 g/mol. The lowest BCUT2D eigenvalue weighted by molar-refractivity contribution is -0.143. The number of benzene rings is 3. The van der Waals surface area contributed by atoms with Crippen molar-refractivity contribution in [3.05, 3.63) is 102 Å². The van der Waals surface area contributed by atoms with Crippen LogP contribution in [0.4, 0.5) is 0 Å². The summed E-state index contributed by atoms with van der Waals surface area (Å²) in [5.74, 6) is -1.55. The number of hydrogen-bond acceptors (Lipinski definition) is 4. The molecule has 1 fully saturated rings. The van der Waals surface area contributed by atoms with E-state index in [4.69, 9.17) is 11.6 Å². The molecule has 1 saturated heterocycles. The van der Waals surface area contributed by atoms with E-state index < -0.39 is 31.9 Å². The monoisotopic (exact) mass is 425 g/mol. The van der Waals surface area contributed by atoms with Gasteiger partial charge in [0.05, 0.1) is 4.90 Å². The summed E-state index contributed by atoms with van der Waals surface area (Å²) in [5.41, 5.74) is 0.739. The van der Waals surface area contributed by atoms with Gasteiger partial charge in [0.2, 0.25) is 9.84 Å². The Kier molecular flexibility index (Phi) is 4.76. The zero-order chi connectivity index (χ0) is 20.6. The van der Waals surface area contributed by atoms with Crippen LogP contribution in [-0.2, 0) is 14.6 Å². The van der Waals surface area contributed by atoms with Gasteiger partial charge in [-0.1, -0.05) is 78.3 Å². The number of carbonyl (C=O) groups is 2. The molecule has 5 nitrogen and oxygen atoms in total. The fourth-order valence-electron chi connectivity index (χ4n) is 3.46. The van der Waals surface area contributed by atoms with Gasteiger partial charge >= 0.3 is 0 Å². The van der Waals surface area contributed by atoms with Gasteiger partial charge in [0.15, 0.2) is 0 Å². The second kappa shape index (κ2) is 7.13. The SMILES string of the molecule is O=C(c1ccccc1)N1C(=O)[C@](Cl)(S(=O)(=O)c2ccccc2)[C@@H]1c1ccccc1. The van der Waals surface area contributed by atoms with E-state index in [-0.39, 0.29) is 10.5 Å². The number of sulfone groups is 1. The smallest absolute Gasteiger partial charge is 0.269 e. The van der Waals surface area contributed by atoms with Crippen molar-refractivity contribution < 1.29 is 18.0 Å². The van der Waals surface area contributed by atoms with Gasteiger partial charge < -0.3 is 0 Å². The average Bonchev–Trinajstić information content (AvgIpc) is 2.77. The molecule has 7 heteroatoms. The Hall–Kier alpha value is -2.96.